The summed E-state index contributed by atoms with van der Waals surface area (Å²) >= 11 is 7.60. The average molecular weight is 524 g/mol. The minimum atomic E-state index is -3.73. The molecule has 182 valence electrons. The van der Waals surface area contributed by atoms with Crippen LogP contribution in [0, 0.1) is 0 Å². The molecule has 4 rings (SSSR count). The number of halogens is 1. The molecular weight excluding hydrogens is 498 g/mol. The fourth-order valence-corrected chi connectivity index (χ4v) is 6.57. The zero-order valence-electron chi connectivity index (χ0n) is 19.2. The van der Waals surface area contributed by atoms with Gasteiger partial charge in [-0.3, -0.25) is 0 Å². The normalized spacial score (nSPS) is 14.8. The number of rotatable bonds is 8. The van der Waals surface area contributed by atoms with Gasteiger partial charge in [-0.1, -0.05) is 11.6 Å². The van der Waals surface area contributed by atoms with Crippen molar-refractivity contribution in [1.82, 2.24) is 9.29 Å². The predicted octanol–water partition coefficient (Wildman–Crippen LogP) is 3.92. The van der Waals surface area contributed by atoms with Crippen molar-refractivity contribution in [3.05, 3.63) is 58.1 Å². The average Bonchev–Trinajstić information content (AvgIpc) is 3.32. The molecule has 1 fully saturated rings. The van der Waals surface area contributed by atoms with E-state index in [4.69, 9.17) is 30.8 Å². The topological polar surface area (TPSA) is 81.2 Å². The molecule has 0 N–H and O–H groups in total. The first-order valence-electron chi connectivity index (χ1n) is 10.6. The first-order valence-corrected chi connectivity index (χ1v) is 13.3. The third-order valence-corrected chi connectivity index (χ3v) is 8.76. The van der Waals surface area contributed by atoms with Gasteiger partial charge in [0.15, 0.2) is 5.13 Å². The summed E-state index contributed by atoms with van der Waals surface area (Å²) < 4.78 is 44.0. The molecular formula is C23H26ClN3O5S2. The predicted molar refractivity (Wildman–Crippen MR) is 133 cm³/mol. The Balaban J connectivity index is 1.45. The smallest absolute Gasteiger partial charge is 0.246 e. The Kier molecular flexibility index (Phi) is 7.51. The van der Waals surface area contributed by atoms with Gasteiger partial charge >= 0.3 is 0 Å². The molecule has 0 unspecified atom stereocenters. The summed E-state index contributed by atoms with van der Waals surface area (Å²) in [5.74, 6) is 1.83. The Hall–Kier alpha value is -2.53. The zero-order valence-corrected chi connectivity index (χ0v) is 21.5. The van der Waals surface area contributed by atoms with Crippen molar-refractivity contribution in [3.8, 4) is 17.2 Å². The lowest BCUT2D eigenvalue weighted by molar-refractivity contribution is 0.374. The van der Waals surface area contributed by atoms with Crippen LogP contribution >= 0.6 is 22.9 Å². The van der Waals surface area contributed by atoms with Crippen molar-refractivity contribution >= 4 is 38.1 Å². The van der Waals surface area contributed by atoms with E-state index >= 15 is 0 Å². The summed E-state index contributed by atoms with van der Waals surface area (Å²) in [5.41, 5.74) is 1.91. The van der Waals surface area contributed by atoms with Gasteiger partial charge in [0.2, 0.25) is 10.0 Å². The van der Waals surface area contributed by atoms with Crippen molar-refractivity contribution in [3.63, 3.8) is 0 Å². The maximum Gasteiger partial charge on any atom is 0.246 e. The maximum absolute atomic E-state index is 13.2. The van der Waals surface area contributed by atoms with Crippen molar-refractivity contribution in [1.29, 1.82) is 0 Å². The van der Waals surface area contributed by atoms with Crippen LogP contribution in [-0.2, 0) is 16.4 Å². The molecule has 0 atom stereocenters. The van der Waals surface area contributed by atoms with Crippen molar-refractivity contribution in [2.75, 3.05) is 52.4 Å². The van der Waals surface area contributed by atoms with Crippen LogP contribution < -0.4 is 19.1 Å². The van der Waals surface area contributed by atoms with Crippen LogP contribution in [0.25, 0.3) is 0 Å². The highest BCUT2D eigenvalue weighted by molar-refractivity contribution is 7.89. The van der Waals surface area contributed by atoms with Gasteiger partial charge in [-0.2, -0.15) is 4.31 Å². The van der Waals surface area contributed by atoms with Crippen LogP contribution in [0.3, 0.4) is 0 Å². The van der Waals surface area contributed by atoms with Crippen molar-refractivity contribution in [2.24, 2.45) is 0 Å². The van der Waals surface area contributed by atoms with Gasteiger partial charge in [0.05, 0.1) is 27.0 Å². The monoisotopic (exact) mass is 523 g/mol. The van der Waals surface area contributed by atoms with Crippen LogP contribution in [0.5, 0.6) is 17.2 Å². The largest absolute Gasteiger partial charge is 0.497 e. The summed E-state index contributed by atoms with van der Waals surface area (Å²) in [4.78, 5) is 6.98. The number of ether oxygens (including phenoxy) is 3. The van der Waals surface area contributed by atoms with Gasteiger partial charge in [-0.25, -0.2) is 13.4 Å². The molecule has 1 aliphatic heterocycles. The quantitative estimate of drug-likeness (QED) is 0.442. The lowest BCUT2D eigenvalue weighted by Crippen LogP contribution is -2.48. The van der Waals surface area contributed by atoms with Crippen LogP contribution in [0.4, 0.5) is 5.13 Å². The summed E-state index contributed by atoms with van der Waals surface area (Å²) in [6.07, 6.45) is 0.611. The third kappa shape index (κ3) is 5.10. The van der Waals surface area contributed by atoms with Gasteiger partial charge in [-0.15, -0.1) is 11.3 Å². The molecule has 0 amide bonds. The van der Waals surface area contributed by atoms with E-state index in [1.54, 1.807) is 37.7 Å². The highest BCUT2D eigenvalue weighted by Crippen LogP contribution is 2.32. The second kappa shape index (κ2) is 10.4. The first-order chi connectivity index (χ1) is 16.3. The van der Waals surface area contributed by atoms with E-state index in [2.05, 4.69) is 4.90 Å². The molecule has 11 heteroatoms. The molecule has 0 bridgehead atoms. The molecule has 0 radical (unpaired) electrons. The highest BCUT2D eigenvalue weighted by Gasteiger charge is 2.31. The van der Waals surface area contributed by atoms with Crippen LogP contribution in [0.1, 0.15) is 11.3 Å². The Morgan fingerprint density at radius 3 is 2.35 bits per heavy atom. The Morgan fingerprint density at radius 1 is 0.971 bits per heavy atom. The Bertz CT molecular complexity index is 1260. The third-order valence-electron chi connectivity index (χ3n) is 5.65. The van der Waals surface area contributed by atoms with E-state index < -0.39 is 10.0 Å². The number of piperazine rings is 1. The van der Waals surface area contributed by atoms with E-state index in [0.29, 0.717) is 37.6 Å². The highest BCUT2D eigenvalue weighted by atomic mass is 35.5. The molecule has 2 heterocycles. The first kappa shape index (κ1) is 24.6. The molecule has 0 saturated carbocycles. The Labute approximate surface area is 208 Å². The number of anilines is 1. The van der Waals surface area contributed by atoms with E-state index in [-0.39, 0.29) is 10.6 Å². The molecule has 0 spiro atoms. The van der Waals surface area contributed by atoms with Crippen molar-refractivity contribution < 1.29 is 22.6 Å². The number of benzene rings is 2. The second-order valence-corrected chi connectivity index (χ2v) is 10.8. The number of methoxy groups -OCH3 is 3. The molecule has 2 aromatic carbocycles. The number of nitrogens with zero attached hydrogens (tertiary/aromatic N) is 3. The molecule has 1 aliphatic rings. The summed E-state index contributed by atoms with van der Waals surface area (Å²) in [6.45, 7) is 1.77. The minimum absolute atomic E-state index is 0.0831. The molecule has 8 nitrogen and oxygen atoms in total. The van der Waals surface area contributed by atoms with Crippen LogP contribution in [-0.4, -0.2) is 65.2 Å². The van der Waals surface area contributed by atoms with Gasteiger partial charge in [-0.05, 0) is 36.4 Å². The molecule has 34 heavy (non-hydrogen) atoms. The van der Waals surface area contributed by atoms with Crippen LogP contribution in [0.2, 0.25) is 5.02 Å². The number of aromatic nitrogens is 1. The number of hydrogen-bond donors (Lipinski definition) is 0. The fourth-order valence-electron chi connectivity index (χ4n) is 3.85. The fraction of sp³-hybridized carbons (Fsp3) is 0.348. The van der Waals surface area contributed by atoms with E-state index in [1.165, 1.54) is 17.5 Å². The summed E-state index contributed by atoms with van der Waals surface area (Å²) in [7, 11) is 0.994. The second-order valence-electron chi connectivity index (χ2n) is 7.66. The number of thiazole rings is 1. The molecule has 0 aliphatic carbocycles. The van der Waals surface area contributed by atoms with Gasteiger partial charge < -0.3 is 19.1 Å². The molecule has 3 aromatic rings. The van der Waals surface area contributed by atoms with E-state index in [0.717, 1.165) is 27.9 Å². The maximum atomic E-state index is 13.2. The molecule has 1 aromatic heterocycles. The Morgan fingerprint density at radius 2 is 1.68 bits per heavy atom. The van der Waals surface area contributed by atoms with Gasteiger partial charge in [0, 0.05) is 48.6 Å². The standard InChI is InChI=1S/C23H26ClN3O5S2/c1-30-19-5-7-20(31-2)16(13-19)12-18-15-33-23(25-18)26-8-10-27(11-9-26)34(28,29)22-14-17(24)4-6-21(22)32-3/h4-7,13-15H,8-12H2,1-3H3. The lowest BCUT2D eigenvalue weighted by Gasteiger charge is -2.34. The molecule has 1 saturated heterocycles. The summed E-state index contributed by atoms with van der Waals surface area (Å²) in [6, 6.07) is 10.3. The van der Waals surface area contributed by atoms with Gasteiger partial charge in [0.1, 0.15) is 22.1 Å². The number of hydrogen-bond acceptors (Lipinski definition) is 8. The van der Waals surface area contributed by atoms with Crippen LogP contribution in [0.15, 0.2) is 46.7 Å². The van der Waals surface area contributed by atoms with E-state index in [1.807, 2.05) is 23.6 Å². The van der Waals surface area contributed by atoms with Crippen molar-refractivity contribution in [2.45, 2.75) is 11.3 Å². The SMILES string of the molecule is COc1ccc(OC)c(Cc2csc(N3CCN(S(=O)(=O)c4cc(Cl)ccc4OC)CC3)n2)c1. The zero-order chi connectivity index (χ0) is 24.3. The minimum Gasteiger partial charge on any atom is -0.497 e. The number of sulfonamides is 1. The lowest BCUT2D eigenvalue weighted by atomic mass is 10.1. The van der Waals surface area contributed by atoms with Gasteiger partial charge in [0.25, 0.3) is 0 Å². The van der Waals surface area contributed by atoms with E-state index in [9.17, 15) is 8.42 Å². The summed E-state index contributed by atoms with van der Waals surface area (Å²) in [5, 5.41) is 3.24.